The maximum Gasteiger partial charge on any atom is 0.124 e. The summed E-state index contributed by atoms with van der Waals surface area (Å²) in [6.07, 6.45) is 5.52. The number of hydrogen-bond donors (Lipinski definition) is 1. The zero-order chi connectivity index (χ0) is 15.6. The Morgan fingerprint density at radius 1 is 1.38 bits per heavy atom. The van der Waals surface area contributed by atoms with Gasteiger partial charge in [0.25, 0.3) is 0 Å². The van der Waals surface area contributed by atoms with Crippen LogP contribution in [0.1, 0.15) is 38.2 Å². The Bertz CT molecular complexity index is 482. The summed E-state index contributed by atoms with van der Waals surface area (Å²) in [7, 11) is 4.27. The molecule has 1 aromatic carbocycles. The van der Waals surface area contributed by atoms with E-state index in [1.165, 1.54) is 25.0 Å². The second kappa shape index (κ2) is 6.76. The molecule has 4 heteroatoms. The third kappa shape index (κ3) is 3.66. The zero-order valence-electron chi connectivity index (χ0n) is 13.2. The molecule has 0 aromatic heterocycles. The smallest absolute Gasteiger partial charge is 0.124 e. The number of hydrogen-bond acceptors (Lipinski definition) is 2. The first kappa shape index (κ1) is 16.9. The number of nitrogens with zero attached hydrogens (tertiary/aromatic N) is 1. The molecule has 1 fully saturated rings. The maximum atomic E-state index is 13.2. The molecule has 0 radical (unpaired) electrons. The van der Waals surface area contributed by atoms with E-state index in [9.17, 15) is 4.39 Å². The van der Waals surface area contributed by atoms with E-state index in [-0.39, 0.29) is 17.4 Å². The second-order valence-corrected chi connectivity index (χ2v) is 7.58. The standard InChI is InChI=1S/C17H26BrFN2/c1-12-6-8-17(9-7-12,21(2)3)16(20)10-13-4-5-14(19)11-15(13)18/h4-5,11-12,16H,6-10,20H2,1-3H3. The van der Waals surface area contributed by atoms with Crippen LogP contribution in [0.3, 0.4) is 0 Å². The molecule has 118 valence electrons. The molecular weight excluding hydrogens is 331 g/mol. The van der Waals surface area contributed by atoms with Gasteiger partial charge in [0, 0.05) is 16.1 Å². The van der Waals surface area contributed by atoms with Crippen molar-refractivity contribution in [2.75, 3.05) is 14.1 Å². The van der Waals surface area contributed by atoms with Gasteiger partial charge in [-0.3, -0.25) is 0 Å². The number of halogens is 2. The quantitative estimate of drug-likeness (QED) is 0.884. The van der Waals surface area contributed by atoms with Gasteiger partial charge in [0.2, 0.25) is 0 Å². The third-order valence-electron chi connectivity index (χ3n) is 5.18. The van der Waals surface area contributed by atoms with Gasteiger partial charge in [0.05, 0.1) is 0 Å². The summed E-state index contributed by atoms with van der Waals surface area (Å²) in [5.74, 6) is 0.579. The maximum absolute atomic E-state index is 13.2. The molecule has 1 aromatic rings. The van der Waals surface area contributed by atoms with Crippen LogP contribution in [0.2, 0.25) is 0 Å². The number of nitrogens with two attached hydrogens (primary N) is 1. The van der Waals surface area contributed by atoms with Crippen LogP contribution in [0.25, 0.3) is 0 Å². The predicted octanol–water partition coefficient (Wildman–Crippen LogP) is 3.97. The minimum absolute atomic E-state index is 0.0559. The van der Waals surface area contributed by atoms with Crippen molar-refractivity contribution in [3.05, 3.63) is 34.1 Å². The molecule has 1 aliphatic rings. The molecule has 1 saturated carbocycles. The summed E-state index contributed by atoms with van der Waals surface area (Å²) in [6.45, 7) is 2.32. The summed E-state index contributed by atoms with van der Waals surface area (Å²) in [4.78, 5) is 2.31. The molecule has 21 heavy (non-hydrogen) atoms. The minimum Gasteiger partial charge on any atom is -0.326 e. The molecule has 0 bridgehead atoms. The van der Waals surface area contributed by atoms with E-state index in [0.717, 1.165) is 35.2 Å². The van der Waals surface area contributed by atoms with Crippen molar-refractivity contribution in [1.29, 1.82) is 0 Å². The van der Waals surface area contributed by atoms with Crippen LogP contribution in [0.4, 0.5) is 4.39 Å². The van der Waals surface area contributed by atoms with Crippen LogP contribution in [-0.2, 0) is 6.42 Å². The number of likely N-dealkylation sites (N-methyl/N-ethyl adjacent to an activating group) is 1. The number of rotatable bonds is 4. The fraction of sp³-hybridized carbons (Fsp3) is 0.647. The molecule has 0 amide bonds. The van der Waals surface area contributed by atoms with E-state index < -0.39 is 0 Å². The Hall–Kier alpha value is -0.450. The van der Waals surface area contributed by atoms with Gasteiger partial charge >= 0.3 is 0 Å². The zero-order valence-corrected chi connectivity index (χ0v) is 14.8. The topological polar surface area (TPSA) is 29.3 Å². The first-order valence-corrected chi connectivity index (χ1v) is 8.51. The molecule has 0 heterocycles. The lowest BCUT2D eigenvalue weighted by Crippen LogP contribution is -2.59. The van der Waals surface area contributed by atoms with Gasteiger partial charge in [0.1, 0.15) is 5.82 Å². The van der Waals surface area contributed by atoms with Gasteiger partial charge in [0.15, 0.2) is 0 Å². The van der Waals surface area contributed by atoms with Crippen LogP contribution in [0.15, 0.2) is 22.7 Å². The third-order valence-corrected chi connectivity index (χ3v) is 5.91. The monoisotopic (exact) mass is 356 g/mol. The molecule has 0 aliphatic heterocycles. The Morgan fingerprint density at radius 2 is 2.00 bits per heavy atom. The molecular formula is C17H26BrFN2. The van der Waals surface area contributed by atoms with E-state index >= 15 is 0 Å². The van der Waals surface area contributed by atoms with Crippen molar-refractivity contribution in [1.82, 2.24) is 4.90 Å². The first-order chi connectivity index (χ1) is 9.85. The van der Waals surface area contributed by atoms with Crippen LogP contribution in [0.5, 0.6) is 0 Å². The molecule has 0 spiro atoms. The van der Waals surface area contributed by atoms with Crippen molar-refractivity contribution in [2.24, 2.45) is 11.7 Å². The summed E-state index contributed by atoms with van der Waals surface area (Å²) >= 11 is 3.45. The van der Waals surface area contributed by atoms with Gasteiger partial charge in [-0.1, -0.05) is 28.9 Å². The van der Waals surface area contributed by atoms with Crippen molar-refractivity contribution in [2.45, 2.75) is 50.6 Å². The lowest BCUT2D eigenvalue weighted by molar-refractivity contribution is 0.0568. The summed E-state index contributed by atoms with van der Waals surface area (Å²) < 4.78 is 14.0. The van der Waals surface area contributed by atoms with E-state index in [1.54, 1.807) is 0 Å². The van der Waals surface area contributed by atoms with Gasteiger partial charge < -0.3 is 10.6 Å². The second-order valence-electron chi connectivity index (χ2n) is 6.73. The van der Waals surface area contributed by atoms with Gasteiger partial charge in [-0.05, 0) is 69.8 Å². The van der Waals surface area contributed by atoms with Crippen molar-refractivity contribution >= 4 is 15.9 Å². The normalized spacial score (nSPS) is 27.9. The molecule has 2 N–H and O–H groups in total. The molecule has 1 unspecified atom stereocenters. The van der Waals surface area contributed by atoms with Gasteiger partial charge in [-0.2, -0.15) is 0 Å². The molecule has 1 atom stereocenters. The summed E-state index contributed by atoms with van der Waals surface area (Å²) in [6, 6.07) is 4.93. The molecule has 2 nitrogen and oxygen atoms in total. The first-order valence-electron chi connectivity index (χ1n) is 7.72. The van der Waals surface area contributed by atoms with Crippen LogP contribution in [0, 0.1) is 11.7 Å². The Balaban J connectivity index is 2.17. The van der Waals surface area contributed by atoms with Crippen LogP contribution >= 0.6 is 15.9 Å². The Labute approximate surface area is 136 Å². The lowest BCUT2D eigenvalue weighted by Gasteiger charge is -2.48. The van der Waals surface area contributed by atoms with E-state index in [4.69, 9.17) is 5.73 Å². The highest BCUT2D eigenvalue weighted by Gasteiger charge is 2.41. The fourth-order valence-electron chi connectivity index (χ4n) is 3.53. The van der Waals surface area contributed by atoms with Crippen molar-refractivity contribution in [3.63, 3.8) is 0 Å². The van der Waals surface area contributed by atoms with Crippen LogP contribution in [-0.4, -0.2) is 30.6 Å². The highest BCUT2D eigenvalue weighted by molar-refractivity contribution is 9.10. The average molecular weight is 357 g/mol. The van der Waals surface area contributed by atoms with Gasteiger partial charge in [-0.15, -0.1) is 0 Å². The average Bonchev–Trinajstić information content (AvgIpc) is 2.42. The highest BCUT2D eigenvalue weighted by Crippen LogP contribution is 2.38. The van der Waals surface area contributed by atoms with E-state index in [1.807, 2.05) is 6.07 Å². The highest BCUT2D eigenvalue weighted by atomic mass is 79.9. The SMILES string of the molecule is CC1CCC(C(N)Cc2ccc(F)cc2Br)(N(C)C)CC1. The molecule has 1 aliphatic carbocycles. The molecule has 0 saturated heterocycles. The van der Waals surface area contributed by atoms with Crippen LogP contribution < -0.4 is 5.73 Å². The Kier molecular flexibility index (Phi) is 5.44. The van der Waals surface area contributed by atoms with Crippen molar-refractivity contribution < 1.29 is 4.39 Å². The number of benzene rings is 1. The summed E-state index contributed by atoms with van der Waals surface area (Å²) in [5, 5.41) is 0. The van der Waals surface area contributed by atoms with E-state index in [2.05, 4.69) is 41.8 Å². The van der Waals surface area contributed by atoms with Gasteiger partial charge in [-0.25, -0.2) is 4.39 Å². The minimum atomic E-state index is -0.215. The lowest BCUT2D eigenvalue weighted by atomic mass is 9.71. The van der Waals surface area contributed by atoms with E-state index in [0.29, 0.717) is 0 Å². The fourth-order valence-corrected chi connectivity index (χ4v) is 4.04. The van der Waals surface area contributed by atoms with Crippen molar-refractivity contribution in [3.8, 4) is 0 Å². The largest absolute Gasteiger partial charge is 0.326 e. The summed E-state index contributed by atoms with van der Waals surface area (Å²) in [5.41, 5.74) is 7.76. The Morgan fingerprint density at radius 3 is 2.52 bits per heavy atom. The predicted molar refractivity (Wildman–Crippen MR) is 89.8 cm³/mol. The molecule has 2 rings (SSSR count).